The third kappa shape index (κ3) is 6.22. The van der Waals surface area contributed by atoms with E-state index in [-0.39, 0.29) is 18.4 Å². The maximum absolute atomic E-state index is 13.7. The van der Waals surface area contributed by atoms with Crippen molar-refractivity contribution in [1.29, 1.82) is 0 Å². The molecular weight excluding hydrogens is 458 g/mol. The summed E-state index contributed by atoms with van der Waals surface area (Å²) < 4.78 is 27.2. The molecule has 0 spiro atoms. The highest BCUT2D eigenvalue weighted by Crippen LogP contribution is 2.38. The van der Waals surface area contributed by atoms with Gasteiger partial charge in [0.1, 0.15) is 0 Å². The highest BCUT2D eigenvalue weighted by molar-refractivity contribution is 5.80. The number of ether oxygens (including phenoxy) is 5. The van der Waals surface area contributed by atoms with Crippen LogP contribution in [0.15, 0.2) is 60.7 Å². The maximum atomic E-state index is 13.7. The lowest BCUT2D eigenvalue weighted by atomic mass is 10.0. The van der Waals surface area contributed by atoms with Crippen LogP contribution in [0.25, 0.3) is 0 Å². The molecule has 0 aliphatic heterocycles. The predicted octanol–water partition coefficient (Wildman–Crippen LogP) is 5.10. The first-order valence-corrected chi connectivity index (χ1v) is 11.8. The van der Waals surface area contributed by atoms with Crippen LogP contribution in [0.3, 0.4) is 0 Å². The lowest BCUT2D eigenvalue weighted by molar-refractivity contribution is -0.132. The molecule has 1 amide bonds. The van der Waals surface area contributed by atoms with Gasteiger partial charge >= 0.3 is 0 Å². The minimum Gasteiger partial charge on any atom is -0.493 e. The SMILES string of the molecule is COc1ccc(CCN(C(=O)Cc2cc(OC)c(OC)c(OC)c2)[C@H](C)c2ccccc2)cc1OC. The van der Waals surface area contributed by atoms with Crippen LogP contribution in [-0.2, 0) is 17.6 Å². The summed E-state index contributed by atoms with van der Waals surface area (Å²) in [5.41, 5.74) is 2.91. The molecule has 0 saturated heterocycles. The van der Waals surface area contributed by atoms with Gasteiger partial charge in [0.25, 0.3) is 0 Å². The lowest BCUT2D eigenvalue weighted by Crippen LogP contribution is -2.36. The molecular formula is C29H35NO6. The standard InChI is InChI=1S/C29H35NO6/c1-20(23-10-8-7-9-11-23)30(15-14-21-12-13-24(32-2)25(16-21)33-3)28(31)19-22-17-26(34-4)29(36-6)27(18-22)35-5/h7-13,16-18,20H,14-15,19H2,1-6H3/t20-/m1/s1. The van der Waals surface area contributed by atoms with E-state index < -0.39 is 0 Å². The van der Waals surface area contributed by atoms with Crippen LogP contribution in [-0.4, -0.2) is 52.9 Å². The minimum absolute atomic E-state index is 0.00102. The van der Waals surface area contributed by atoms with Gasteiger partial charge in [0.2, 0.25) is 11.7 Å². The van der Waals surface area contributed by atoms with Gasteiger partial charge in [-0.25, -0.2) is 0 Å². The van der Waals surface area contributed by atoms with Crippen molar-refractivity contribution in [3.63, 3.8) is 0 Å². The number of amides is 1. The number of methoxy groups -OCH3 is 5. The molecule has 0 aliphatic rings. The second-order valence-corrected chi connectivity index (χ2v) is 8.32. The van der Waals surface area contributed by atoms with Crippen molar-refractivity contribution in [2.45, 2.75) is 25.8 Å². The average Bonchev–Trinajstić information content (AvgIpc) is 2.92. The van der Waals surface area contributed by atoms with E-state index in [2.05, 4.69) is 6.92 Å². The Morgan fingerprint density at radius 2 is 1.31 bits per heavy atom. The van der Waals surface area contributed by atoms with E-state index in [0.29, 0.717) is 41.7 Å². The molecule has 0 heterocycles. The van der Waals surface area contributed by atoms with Crippen molar-refractivity contribution < 1.29 is 28.5 Å². The van der Waals surface area contributed by atoms with E-state index >= 15 is 0 Å². The Morgan fingerprint density at radius 1 is 0.722 bits per heavy atom. The topological polar surface area (TPSA) is 66.5 Å². The zero-order valence-electron chi connectivity index (χ0n) is 21.9. The van der Waals surface area contributed by atoms with Gasteiger partial charge in [-0.1, -0.05) is 36.4 Å². The van der Waals surface area contributed by atoms with Crippen molar-refractivity contribution in [3.05, 3.63) is 77.4 Å². The molecule has 3 aromatic rings. The summed E-state index contributed by atoms with van der Waals surface area (Å²) in [5.74, 6) is 2.89. The molecule has 0 bridgehead atoms. The van der Waals surface area contributed by atoms with Crippen LogP contribution >= 0.6 is 0 Å². The average molecular weight is 494 g/mol. The molecule has 7 nitrogen and oxygen atoms in total. The normalized spacial score (nSPS) is 11.4. The van der Waals surface area contributed by atoms with Crippen LogP contribution in [0.5, 0.6) is 28.7 Å². The summed E-state index contributed by atoms with van der Waals surface area (Å²) in [6, 6.07) is 19.4. The predicted molar refractivity (Wildman–Crippen MR) is 140 cm³/mol. The fraction of sp³-hybridized carbons (Fsp3) is 0.345. The summed E-state index contributed by atoms with van der Waals surface area (Å²) in [6.07, 6.45) is 0.859. The molecule has 1 atom stereocenters. The number of carbonyl (C=O) groups is 1. The van der Waals surface area contributed by atoms with E-state index in [1.165, 1.54) is 0 Å². The maximum Gasteiger partial charge on any atom is 0.227 e. The number of nitrogens with zero attached hydrogens (tertiary/aromatic N) is 1. The largest absolute Gasteiger partial charge is 0.493 e. The molecule has 36 heavy (non-hydrogen) atoms. The number of hydrogen-bond acceptors (Lipinski definition) is 6. The molecule has 0 unspecified atom stereocenters. The van der Waals surface area contributed by atoms with E-state index in [9.17, 15) is 4.79 Å². The molecule has 192 valence electrons. The summed E-state index contributed by atoms with van der Waals surface area (Å²) in [6.45, 7) is 2.59. The fourth-order valence-corrected chi connectivity index (χ4v) is 4.25. The van der Waals surface area contributed by atoms with Crippen LogP contribution in [0.1, 0.15) is 29.7 Å². The monoisotopic (exact) mass is 493 g/mol. The second kappa shape index (κ2) is 12.7. The number of benzene rings is 3. The van der Waals surface area contributed by atoms with Crippen molar-refractivity contribution in [2.24, 2.45) is 0 Å². The highest BCUT2D eigenvalue weighted by Gasteiger charge is 2.23. The number of hydrogen-bond donors (Lipinski definition) is 0. The van der Waals surface area contributed by atoms with Crippen LogP contribution < -0.4 is 23.7 Å². The van der Waals surface area contributed by atoms with Gasteiger partial charge < -0.3 is 28.6 Å². The van der Waals surface area contributed by atoms with E-state index in [4.69, 9.17) is 23.7 Å². The molecule has 3 rings (SSSR count). The molecule has 0 saturated carbocycles. The smallest absolute Gasteiger partial charge is 0.227 e. The van der Waals surface area contributed by atoms with E-state index in [1.54, 1.807) is 35.5 Å². The molecule has 7 heteroatoms. The van der Waals surface area contributed by atoms with E-state index in [0.717, 1.165) is 16.7 Å². The molecule has 0 N–H and O–H groups in total. The first-order chi connectivity index (χ1) is 17.4. The first kappa shape index (κ1) is 26.7. The quantitative estimate of drug-likeness (QED) is 0.350. The highest BCUT2D eigenvalue weighted by atomic mass is 16.5. The van der Waals surface area contributed by atoms with Gasteiger partial charge in [-0.15, -0.1) is 0 Å². The van der Waals surface area contributed by atoms with Gasteiger partial charge in [0.05, 0.1) is 48.0 Å². The second-order valence-electron chi connectivity index (χ2n) is 8.32. The van der Waals surface area contributed by atoms with Crippen LogP contribution in [0.2, 0.25) is 0 Å². The van der Waals surface area contributed by atoms with Crippen molar-refractivity contribution in [3.8, 4) is 28.7 Å². The fourth-order valence-electron chi connectivity index (χ4n) is 4.25. The molecule has 3 aromatic carbocycles. The lowest BCUT2D eigenvalue weighted by Gasteiger charge is -2.30. The Hall–Kier alpha value is -3.87. The van der Waals surface area contributed by atoms with Gasteiger partial charge in [0.15, 0.2) is 23.0 Å². The van der Waals surface area contributed by atoms with Crippen molar-refractivity contribution in [1.82, 2.24) is 4.90 Å². The third-order valence-corrected chi connectivity index (χ3v) is 6.24. The van der Waals surface area contributed by atoms with Crippen LogP contribution in [0.4, 0.5) is 0 Å². The Labute approximate surface area is 213 Å². The van der Waals surface area contributed by atoms with Crippen molar-refractivity contribution in [2.75, 3.05) is 42.1 Å². The third-order valence-electron chi connectivity index (χ3n) is 6.24. The Balaban J connectivity index is 1.88. The Morgan fingerprint density at radius 3 is 1.86 bits per heavy atom. The van der Waals surface area contributed by atoms with Gasteiger partial charge in [-0.2, -0.15) is 0 Å². The van der Waals surface area contributed by atoms with E-state index in [1.807, 2.05) is 65.6 Å². The summed E-state index contributed by atoms with van der Waals surface area (Å²) >= 11 is 0. The zero-order valence-corrected chi connectivity index (χ0v) is 21.9. The molecule has 0 aromatic heterocycles. The zero-order chi connectivity index (χ0) is 26.1. The number of rotatable bonds is 12. The molecule has 0 fully saturated rings. The summed E-state index contributed by atoms with van der Waals surface area (Å²) in [7, 11) is 7.92. The number of carbonyl (C=O) groups excluding carboxylic acids is 1. The van der Waals surface area contributed by atoms with Gasteiger partial charge in [-0.05, 0) is 54.3 Å². The van der Waals surface area contributed by atoms with Crippen molar-refractivity contribution >= 4 is 5.91 Å². The minimum atomic E-state index is -0.110. The molecule has 0 radical (unpaired) electrons. The van der Waals surface area contributed by atoms with Crippen LogP contribution in [0, 0.1) is 0 Å². The summed E-state index contributed by atoms with van der Waals surface area (Å²) in [5, 5.41) is 0. The Kier molecular flexibility index (Phi) is 9.45. The summed E-state index contributed by atoms with van der Waals surface area (Å²) in [4.78, 5) is 15.6. The Bertz CT molecular complexity index is 1120. The van der Waals surface area contributed by atoms with Gasteiger partial charge in [-0.3, -0.25) is 4.79 Å². The first-order valence-electron chi connectivity index (χ1n) is 11.8. The molecule has 0 aliphatic carbocycles. The van der Waals surface area contributed by atoms with Gasteiger partial charge in [0, 0.05) is 6.54 Å².